The van der Waals surface area contributed by atoms with Gasteiger partial charge in [-0.2, -0.15) is 18.3 Å². The zero-order valence-corrected chi connectivity index (χ0v) is 22.6. The number of carbonyl (C=O) groups is 2. The molecule has 1 aromatic heterocycles. The highest BCUT2D eigenvalue weighted by molar-refractivity contribution is 6.34. The zero-order chi connectivity index (χ0) is 29.9. The van der Waals surface area contributed by atoms with Crippen LogP contribution in [-0.2, 0) is 6.18 Å². The molecule has 0 radical (unpaired) electrons. The largest absolute Gasteiger partial charge is 0.497 e. The molecule has 0 atom stereocenters. The van der Waals surface area contributed by atoms with Crippen molar-refractivity contribution in [2.45, 2.75) is 6.18 Å². The predicted octanol–water partition coefficient (Wildman–Crippen LogP) is 7.50. The van der Waals surface area contributed by atoms with Gasteiger partial charge in [0.05, 0.1) is 30.0 Å². The first kappa shape index (κ1) is 28.4. The van der Waals surface area contributed by atoms with Gasteiger partial charge in [0.15, 0.2) is 0 Å². The molecule has 0 saturated heterocycles. The van der Waals surface area contributed by atoms with Crippen molar-refractivity contribution in [1.29, 1.82) is 0 Å². The molecule has 5 aromatic rings. The summed E-state index contributed by atoms with van der Waals surface area (Å²) < 4.78 is 52.0. The van der Waals surface area contributed by atoms with E-state index in [9.17, 15) is 22.8 Å². The predicted molar refractivity (Wildman–Crippen MR) is 153 cm³/mol. The van der Waals surface area contributed by atoms with Gasteiger partial charge < -0.3 is 14.5 Å². The highest BCUT2D eigenvalue weighted by Crippen LogP contribution is 2.41. The molecule has 5 rings (SSSR count). The maximum Gasteiger partial charge on any atom is 0.418 e. The summed E-state index contributed by atoms with van der Waals surface area (Å²) in [6.07, 6.45) is -3.41. The first-order valence-corrected chi connectivity index (χ1v) is 12.8. The van der Waals surface area contributed by atoms with E-state index in [1.807, 2.05) is 0 Å². The molecule has 11 heteroatoms. The smallest absolute Gasteiger partial charge is 0.418 e. The molecule has 0 saturated carbocycles. The van der Waals surface area contributed by atoms with E-state index in [4.69, 9.17) is 21.1 Å². The second-order valence-electron chi connectivity index (χ2n) is 8.94. The van der Waals surface area contributed by atoms with Crippen LogP contribution in [0.4, 0.5) is 13.2 Å². The summed E-state index contributed by atoms with van der Waals surface area (Å²) >= 11 is 6.38. The molecule has 212 valence electrons. The Morgan fingerprint density at radius 1 is 0.929 bits per heavy atom. The first-order chi connectivity index (χ1) is 20.2. The minimum atomic E-state index is -4.67. The van der Waals surface area contributed by atoms with Crippen LogP contribution >= 0.6 is 11.6 Å². The molecule has 1 amide bonds. The topological polar surface area (TPSA) is 92.8 Å². The van der Waals surface area contributed by atoms with Crippen LogP contribution in [0.3, 0.4) is 0 Å². The SMILES string of the molecule is COc1ccc(C(=O)Oc2ccccc2C=NNC(=O)c2[nH]c3c(C(F)(F)F)cccc3c2-c2ccccc2Cl)cc1. The van der Waals surface area contributed by atoms with E-state index < -0.39 is 23.6 Å². The maximum absolute atomic E-state index is 13.8. The van der Waals surface area contributed by atoms with Gasteiger partial charge in [-0.05, 0) is 48.5 Å². The van der Waals surface area contributed by atoms with E-state index in [0.29, 0.717) is 22.4 Å². The number of aromatic nitrogens is 1. The molecule has 0 fully saturated rings. The maximum atomic E-state index is 13.8. The van der Waals surface area contributed by atoms with Gasteiger partial charge in [-0.3, -0.25) is 4.79 Å². The molecule has 0 bridgehead atoms. The number of para-hydroxylation sites is 2. The molecule has 2 N–H and O–H groups in total. The molecule has 0 unspecified atom stereocenters. The number of rotatable bonds is 7. The highest BCUT2D eigenvalue weighted by atomic mass is 35.5. The van der Waals surface area contributed by atoms with Crippen LogP contribution in [0.25, 0.3) is 22.0 Å². The summed E-state index contributed by atoms with van der Waals surface area (Å²) in [6, 6.07) is 23.1. The van der Waals surface area contributed by atoms with Gasteiger partial charge in [0.1, 0.15) is 17.2 Å². The molecular formula is C31H21ClF3N3O4. The summed E-state index contributed by atoms with van der Waals surface area (Å²) in [7, 11) is 1.51. The lowest BCUT2D eigenvalue weighted by atomic mass is 10.00. The van der Waals surface area contributed by atoms with Crippen molar-refractivity contribution < 1.29 is 32.2 Å². The Labute approximate surface area is 242 Å². The molecule has 0 aliphatic heterocycles. The zero-order valence-electron chi connectivity index (χ0n) is 21.8. The van der Waals surface area contributed by atoms with Crippen LogP contribution in [0.15, 0.2) is 96.1 Å². The third-order valence-corrected chi connectivity index (χ3v) is 6.66. The van der Waals surface area contributed by atoms with Gasteiger partial charge in [0.2, 0.25) is 0 Å². The Bertz CT molecular complexity index is 1820. The number of halogens is 4. The van der Waals surface area contributed by atoms with Crippen LogP contribution in [0.1, 0.15) is 32.0 Å². The van der Waals surface area contributed by atoms with Crippen molar-refractivity contribution in [3.8, 4) is 22.6 Å². The van der Waals surface area contributed by atoms with Crippen molar-refractivity contribution in [2.24, 2.45) is 5.10 Å². The van der Waals surface area contributed by atoms with E-state index >= 15 is 0 Å². The van der Waals surface area contributed by atoms with Crippen LogP contribution in [0, 0.1) is 0 Å². The molecular weight excluding hydrogens is 571 g/mol. The number of carbonyl (C=O) groups excluding carboxylic acids is 2. The fourth-order valence-corrected chi connectivity index (χ4v) is 4.58. The molecule has 0 aliphatic rings. The number of aromatic amines is 1. The second kappa shape index (κ2) is 11.8. The lowest BCUT2D eigenvalue weighted by molar-refractivity contribution is -0.136. The quantitative estimate of drug-likeness (QED) is 0.0887. The van der Waals surface area contributed by atoms with Gasteiger partial charge in [-0.15, -0.1) is 0 Å². The van der Waals surface area contributed by atoms with Gasteiger partial charge >= 0.3 is 12.1 Å². The van der Waals surface area contributed by atoms with Gasteiger partial charge in [-0.25, -0.2) is 10.2 Å². The standard InChI is InChI=1S/C31H21ClF3N3O4/c1-41-20-15-13-18(14-16-20)30(40)42-25-12-5-2-7-19(25)17-36-38-29(39)28-26(21-8-3-4-11-24(21)32)22-9-6-10-23(27(22)37-28)31(33,34)35/h2-17,37H,1H3,(H,38,39). The van der Waals surface area contributed by atoms with E-state index in [2.05, 4.69) is 15.5 Å². The second-order valence-corrected chi connectivity index (χ2v) is 9.34. The number of amides is 1. The average Bonchev–Trinajstić information content (AvgIpc) is 3.37. The normalized spacial score (nSPS) is 11.5. The highest BCUT2D eigenvalue weighted by Gasteiger charge is 2.35. The number of nitrogens with one attached hydrogen (secondary N) is 2. The van der Waals surface area contributed by atoms with Gasteiger partial charge in [0.25, 0.3) is 5.91 Å². The molecule has 1 heterocycles. The van der Waals surface area contributed by atoms with Gasteiger partial charge in [0, 0.05) is 27.1 Å². The number of hydrogen-bond donors (Lipinski definition) is 2. The lowest BCUT2D eigenvalue weighted by Crippen LogP contribution is -2.19. The summed E-state index contributed by atoms with van der Waals surface area (Å²) in [4.78, 5) is 28.6. The number of hydrazone groups is 1. The Kier molecular flexibility index (Phi) is 7.99. The van der Waals surface area contributed by atoms with Crippen molar-refractivity contribution in [3.63, 3.8) is 0 Å². The fourth-order valence-electron chi connectivity index (χ4n) is 4.35. The van der Waals surface area contributed by atoms with Crippen molar-refractivity contribution in [3.05, 3.63) is 118 Å². The number of nitrogens with zero attached hydrogens (tertiary/aromatic N) is 1. The lowest BCUT2D eigenvalue weighted by Gasteiger charge is -2.08. The third-order valence-electron chi connectivity index (χ3n) is 6.33. The molecule has 4 aromatic carbocycles. The minimum Gasteiger partial charge on any atom is -0.497 e. The number of methoxy groups -OCH3 is 1. The van der Waals surface area contributed by atoms with Crippen LogP contribution < -0.4 is 14.9 Å². The third kappa shape index (κ3) is 5.84. The monoisotopic (exact) mass is 591 g/mol. The van der Waals surface area contributed by atoms with E-state index in [0.717, 1.165) is 6.07 Å². The fraction of sp³-hybridized carbons (Fsp3) is 0.0645. The van der Waals surface area contributed by atoms with Crippen LogP contribution in [0.5, 0.6) is 11.5 Å². The summed E-state index contributed by atoms with van der Waals surface area (Å²) in [6.45, 7) is 0. The minimum absolute atomic E-state index is 0.161. The number of benzene rings is 4. The van der Waals surface area contributed by atoms with E-state index in [1.54, 1.807) is 72.8 Å². The number of H-pyrrole nitrogens is 1. The van der Waals surface area contributed by atoms with Gasteiger partial charge in [-0.1, -0.05) is 54.1 Å². The summed E-state index contributed by atoms with van der Waals surface area (Å²) in [5, 5.41) is 4.39. The number of ether oxygens (including phenoxy) is 2. The summed E-state index contributed by atoms with van der Waals surface area (Å²) in [5.41, 5.74) is 2.22. The number of alkyl halides is 3. The Morgan fingerprint density at radius 3 is 2.36 bits per heavy atom. The van der Waals surface area contributed by atoms with E-state index in [-0.39, 0.29) is 32.9 Å². The van der Waals surface area contributed by atoms with E-state index in [1.165, 1.54) is 25.5 Å². The molecule has 42 heavy (non-hydrogen) atoms. The average molecular weight is 592 g/mol. The van der Waals surface area contributed by atoms with Crippen molar-refractivity contribution in [2.75, 3.05) is 7.11 Å². The Hall–Kier alpha value is -5.09. The molecule has 0 aliphatic carbocycles. The Morgan fingerprint density at radius 2 is 1.64 bits per heavy atom. The molecule has 0 spiro atoms. The number of esters is 1. The Balaban J connectivity index is 1.44. The first-order valence-electron chi connectivity index (χ1n) is 12.4. The van der Waals surface area contributed by atoms with Crippen LogP contribution in [0.2, 0.25) is 5.02 Å². The number of hydrogen-bond acceptors (Lipinski definition) is 5. The van der Waals surface area contributed by atoms with Crippen LogP contribution in [-0.4, -0.2) is 30.2 Å². The number of fused-ring (bicyclic) bond motifs is 1. The summed E-state index contributed by atoms with van der Waals surface area (Å²) in [5.74, 6) is -0.672. The van der Waals surface area contributed by atoms with Crippen molar-refractivity contribution in [1.82, 2.24) is 10.4 Å². The molecule has 7 nitrogen and oxygen atoms in total. The van der Waals surface area contributed by atoms with Crippen molar-refractivity contribution >= 4 is 40.6 Å².